The van der Waals surface area contributed by atoms with Gasteiger partial charge >= 0.3 is 0 Å². The Balaban J connectivity index is 2.22. The summed E-state index contributed by atoms with van der Waals surface area (Å²) in [5.41, 5.74) is 0. The SMILES string of the molecule is OC1[C@@H](O)[C@@H]2OC/C=C\CO[C@@H](C2O)[C@H]1O. The molecule has 1 heterocycles. The fourth-order valence-corrected chi connectivity index (χ4v) is 2.05. The van der Waals surface area contributed by atoms with E-state index in [0.717, 1.165) is 0 Å². The second-order valence-corrected chi connectivity index (χ2v) is 4.03. The van der Waals surface area contributed by atoms with Crippen molar-refractivity contribution < 1.29 is 29.9 Å². The predicted molar refractivity (Wildman–Crippen MR) is 52.6 cm³/mol. The molecule has 1 saturated carbocycles. The highest BCUT2D eigenvalue weighted by Gasteiger charge is 2.50. The van der Waals surface area contributed by atoms with E-state index in [1.807, 2.05) is 0 Å². The van der Waals surface area contributed by atoms with Crippen LogP contribution in [0.25, 0.3) is 0 Å². The van der Waals surface area contributed by atoms with Gasteiger partial charge in [0.1, 0.15) is 36.6 Å². The van der Waals surface area contributed by atoms with Crippen molar-refractivity contribution in [2.75, 3.05) is 13.2 Å². The minimum Gasteiger partial charge on any atom is -0.387 e. The third-order valence-electron chi connectivity index (χ3n) is 2.98. The lowest BCUT2D eigenvalue weighted by Crippen LogP contribution is -2.64. The molecule has 2 aliphatic rings. The van der Waals surface area contributed by atoms with Crippen molar-refractivity contribution in [3.63, 3.8) is 0 Å². The summed E-state index contributed by atoms with van der Waals surface area (Å²) in [6, 6.07) is 0. The summed E-state index contributed by atoms with van der Waals surface area (Å²) < 4.78 is 10.5. The minimum atomic E-state index is -1.38. The molecule has 1 aliphatic carbocycles. The maximum atomic E-state index is 9.87. The van der Waals surface area contributed by atoms with E-state index in [1.54, 1.807) is 12.2 Å². The van der Waals surface area contributed by atoms with E-state index in [1.165, 1.54) is 0 Å². The average Bonchev–Trinajstić information content (AvgIpc) is 2.35. The van der Waals surface area contributed by atoms with Gasteiger partial charge in [0.25, 0.3) is 0 Å². The van der Waals surface area contributed by atoms with Crippen LogP contribution in [0.4, 0.5) is 0 Å². The summed E-state index contributed by atoms with van der Waals surface area (Å²) in [4.78, 5) is 0. The van der Waals surface area contributed by atoms with E-state index in [2.05, 4.69) is 0 Å². The Morgan fingerprint density at radius 1 is 0.688 bits per heavy atom. The van der Waals surface area contributed by atoms with Crippen LogP contribution in [0.1, 0.15) is 0 Å². The van der Waals surface area contributed by atoms with Crippen LogP contribution in [-0.4, -0.2) is 70.3 Å². The van der Waals surface area contributed by atoms with Crippen LogP contribution < -0.4 is 0 Å². The van der Waals surface area contributed by atoms with Crippen LogP contribution in [-0.2, 0) is 9.47 Å². The van der Waals surface area contributed by atoms with Gasteiger partial charge in [0.2, 0.25) is 0 Å². The maximum absolute atomic E-state index is 9.87. The van der Waals surface area contributed by atoms with Crippen molar-refractivity contribution in [2.24, 2.45) is 0 Å². The average molecular weight is 232 g/mol. The van der Waals surface area contributed by atoms with E-state index in [9.17, 15) is 20.4 Å². The van der Waals surface area contributed by atoms with Gasteiger partial charge in [-0.15, -0.1) is 0 Å². The summed E-state index contributed by atoms with van der Waals surface area (Å²) in [6.07, 6.45) is -3.70. The molecule has 0 spiro atoms. The maximum Gasteiger partial charge on any atom is 0.115 e. The van der Waals surface area contributed by atoms with Gasteiger partial charge in [-0.25, -0.2) is 0 Å². The molecule has 0 aromatic heterocycles. The largest absolute Gasteiger partial charge is 0.387 e. The minimum absolute atomic E-state index is 0.220. The number of aliphatic hydroxyl groups excluding tert-OH is 4. The third kappa shape index (κ3) is 2.00. The van der Waals surface area contributed by atoms with Crippen LogP contribution in [0.2, 0.25) is 0 Å². The molecule has 1 fully saturated rings. The Morgan fingerprint density at radius 2 is 1.12 bits per heavy atom. The Bertz CT molecular complexity index is 244. The second kappa shape index (κ2) is 4.79. The fraction of sp³-hybridized carbons (Fsp3) is 0.800. The highest BCUT2D eigenvalue weighted by atomic mass is 16.5. The molecule has 6 nitrogen and oxygen atoms in total. The molecule has 2 unspecified atom stereocenters. The topological polar surface area (TPSA) is 99.4 Å². The number of hydrogen-bond acceptors (Lipinski definition) is 6. The molecule has 0 amide bonds. The molecule has 0 saturated heterocycles. The lowest BCUT2D eigenvalue weighted by Gasteiger charge is -2.42. The first-order chi connectivity index (χ1) is 7.63. The van der Waals surface area contributed by atoms with E-state index in [0.29, 0.717) is 0 Å². The summed E-state index contributed by atoms with van der Waals surface area (Å²) in [6.45, 7) is 0.440. The van der Waals surface area contributed by atoms with E-state index in [-0.39, 0.29) is 13.2 Å². The first-order valence-electron chi connectivity index (χ1n) is 5.23. The second-order valence-electron chi connectivity index (χ2n) is 4.03. The summed E-state index contributed by atoms with van der Waals surface area (Å²) in [5, 5.41) is 38.8. The van der Waals surface area contributed by atoms with Gasteiger partial charge in [-0.05, 0) is 0 Å². The molecule has 0 radical (unpaired) electrons. The Kier molecular flexibility index (Phi) is 3.58. The highest BCUT2D eigenvalue weighted by molar-refractivity contribution is 5.02. The molecule has 92 valence electrons. The number of ether oxygens (including phenoxy) is 2. The van der Waals surface area contributed by atoms with Gasteiger partial charge in [-0.3, -0.25) is 0 Å². The van der Waals surface area contributed by atoms with E-state index < -0.39 is 36.6 Å². The first kappa shape index (κ1) is 12.0. The quantitative estimate of drug-likeness (QED) is 0.353. The lowest BCUT2D eigenvalue weighted by atomic mass is 9.84. The van der Waals surface area contributed by atoms with Crippen LogP contribution in [0.3, 0.4) is 0 Å². The molecule has 1 aliphatic heterocycles. The van der Waals surface area contributed by atoms with Crippen molar-refractivity contribution in [2.45, 2.75) is 36.6 Å². The zero-order valence-electron chi connectivity index (χ0n) is 8.64. The van der Waals surface area contributed by atoms with Crippen molar-refractivity contribution in [1.29, 1.82) is 0 Å². The Hall–Kier alpha value is -0.500. The number of rotatable bonds is 0. The molecule has 16 heavy (non-hydrogen) atoms. The van der Waals surface area contributed by atoms with Crippen molar-refractivity contribution in [1.82, 2.24) is 0 Å². The monoisotopic (exact) mass is 232 g/mol. The normalized spacial score (nSPS) is 51.2. The van der Waals surface area contributed by atoms with E-state index >= 15 is 0 Å². The zero-order valence-corrected chi connectivity index (χ0v) is 8.64. The molecule has 2 rings (SSSR count). The molecule has 6 heteroatoms. The zero-order chi connectivity index (χ0) is 11.7. The lowest BCUT2D eigenvalue weighted by molar-refractivity contribution is -0.240. The molecule has 4 N–H and O–H groups in total. The van der Waals surface area contributed by atoms with Crippen molar-refractivity contribution in [3.8, 4) is 0 Å². The van der Waals surface area contributed by atoms with Crippen molar-refractivity contribution in [3.05, 3.63) is 12.2 Å². The molecule has 0 aromatic carbocycles. The summed E-state index contributed by atoms with van der Waals surface area (Å²) in [5.74, 6) is 0. The summed E-state index contributed by atoms with van der Waals surface area (Å²) >= 11 is 0. The van der Waals surface area contributed by atoms with Gasteiger partial charge in [0.05, 0.1) is 13.2 Å². The smallest absolute Gasteiger partial charge is 0.115 e. The van der Waals surface area contributed by atoms with Crippen LogP contribution >= 0.6 is 0 Å². The molecule has 2 bridgehead atoms. The Morgan fingerprint density at radius 3 is 1.56 bits per heavy atom. The molecule has 6 atom stereocenters. The number of aliphatic hydroxyl groups is 4. The van der Waals surface area contributed by atoms with E-state index in [4.69, 9.17) is 9.47 Å². The highest BCUT2D eigenvalue weighted by Crippen LogP contribution is 2.26. The third-order valence-corrected chi connectivity index (χ3v) is 2.98. The first-order valence-corrected chi connectivity index (χ1v) is 5.23. The summed E-state index contributed by atoms with van der Waals surface area (Å²) in [7, 11) is 0. The van der Waals surface area contributed by atoms with Gasteiger partial charge in [-0.2, -0.15) is 0 Å². The van der Waals surface area contributed by atoms with Gasteiger partial charge in [0.15, 0.2) is 0 Å². The Labute approximate surface area is 92.7 Å². The molecular formula is C10H16O6. The van der Waals surface area contributed by atoms with Crippen LogP contribution in [0.15, 0.2) is 12.2 Å². The molecular weight excluding hydrogens is 216 g/mol. The predicted octanol–water partition coefficient (Wildman–Crippen LogP) is -2.22. The molecule has 0 aromatic rings. The number of hydrogen-bond donors (Lipinski definition) is 4. The van der Waals surface area contributed by atoms with Gasteiger partial charge in [0, 0.05) is 0 Å². The van der Waals surface area contributed by atoms with Crippen LogP contribution in [0, 0.1) is 0 Å². The van der Waals surface area contributed by atoms with Crippen molar-refractivity contribution >= 4 is 0 Å². The van der Waals surface area contributed by atoms with Crippen LogP contribution in [0.5, 0.6) is 0 Å². The van der Waals surface area contributed by atoms with Gasteiger partial charge < -0.3 is 29.9 Å². The fourth-order valence-electron chi connectivity index (χ4n) is 2.05. The number of fused-ring (bicyclic) bond motifs is 2. The van der Waals surface area contributed by atoms with Gasteiger partial charge in [-0.1, -0.05) is 12.2 Å². The standard InChI is InChI=1S/C10H16O6/c11-5-6(12)9-8(14)10(7(5)13)16-4-2-1-3-15-9/h1-2,5-14H,3-4H2/b2-1-/t5?,6-,7+,8?,9+,10-.